The summed E-state index contributed by atoms with van der Waals surface area (Å²) in [5, 5.41) is 0. The second-order valence-corrected chi connectivity index (χ2v) is 7.72. The smallest absolute Gasteiger partial charge is 0.251 e. The molecular formula is C23H30FN3O2. The van der Waals surface area contributed by atoms with Gasteiger partial charge in [-0.2, -0.15) is 0 Å². The van der Waals surface area contributed by atoms with Gasteiger partial charge in [0, 0.05) is 31.9 Å². The van der Waals surface area contributed by atoms with Gasteiger partial charge in [-0.25, -0.2) is 4.39 Å². The van der Waals surface area contributed by atoms with Crippen LogP contribution < -0.4 is 4.74 Å². The monoisotopic (exact) mass is 399 g/mol. The van der Waals surface area contributed by atoms with Crippen LogP contribution in [0.15, 0.2) is 48.3 Å². The van der Waals surface area contributed by atoms with Crippen LogP contribution in [-0.4, -0.2) is 67.0 Å². The van der Waals surface area contributed by atoms with Crippen LogP contribution >= 0.6 is 0 Å². The maximum absolute atomic E-state index is 14.0. The highest BCUT2D eigenvalue weighted by atomic mass is 19.1. The van der Waals surface area contributed by atoms with E-state index in [9.17, 15) is 9.18 Å². The third-order valence-electron chi connectivity index (χ3n) is 5.54. The largest absolute Gasteiger partial charge is 0.494 e. The molecule has 1 amide bonds. The topological polar surface area (TPSA) is 36.0 Å². The number of carbonyl (C=O) groups excluding carboxylic acids is 1. The van der Waals surface area contributed by atoms with E-state index in [0.29, 0.717) is 11.1 Å². The molecule has 1 aromatic carbocycles. The number of carbonyl (C=O) groups is 1. The van der Waals surface area contributed by atoms with Crippen LogP contribution in [0.25, 0.3) is 5.57 Å². The molecule has 2 heterocycles. The van der Waals surface area contributed by atoms with Crippen molar-refractivity contribution in [2.75, 3.05) is 40.3 Å². The first-order chi connectivity index (χ1) is 13.9. The molecule has 1 aromatic rings. The molecule has 5 nitrogen and oxygen atoms in total. The second-order valence-electron chi connectivity index (χ2n) is 7.72. The molecule has 29 heavy (non-hydrogen) atoms. The zero-order valence-electron chi connectivity index (χ0n) is 17.7. The molecular weight excluding hydrogens is 369 g/mol. The van der Waals surface area contributed by atoms with Gasteiger partial charge in [0.05, 0.1) is 18.8 Å². The number of halogens is 1. The summed E-state index contributed by atoms with van der Waals surface area (Å²) in [7, 11) is 3.57. The Balaban J connectivity index is 1.78. The average molecular weight is 400 g/mol. The highest BCUT2D eigenvalue weighted by Gasteiger charge is 2.22. The van der Waals surface area contributed by atoms with Gasteiger partial charge in [-0.15, -0.1) is 0 Å². The van der Waals surface area contributed by atoms with Crippen LogP contribution in [0, 0.1) is 5.82 Å². The molecule has 0 spiro atoms. The molecule has 0 aromatic heterocycles. The SMILES string of the molecule is COc1ccc(/C(C)=C/C(=O)N2C=C(N3CCCN(C)CC3)C=CC2C)cc1F. The van der Waals surface area contributed by atoms with Crippen molar-refractivity contribution in [1.82, 2.24) is 14.7 Å². The molecule has 2 aliphatic rings. The van der Waals surface area contributed by atoms with Crippen LogP contribution in [0.2, 0.25) is 0 Å². The number of methoxy groups -OCH3 is 1. The van der Waals surface area contributed by atoms with Crippen LogP contribution in [0.3, 0.4) is 0 Å². The van der Waals surface area contributed by atoms with Crippen molar-refractivity contribution < 1.29 is 13.9 Å². The van der Waals surface area contributed by atoms with E-state index >= 15 is 0 Å². The van der Waals surface area contributed by atoms with E-state index in [4.69, 9.17) is 4.74 Å². The Labute approximate surface area is 172 Å². The minimum Gasteiger partial charge on any atom is -0.494 e. The van der Waals surface area contributed by atoms with Crippen LogP contribution in [0.5, 0.6) is 5.75 Å². The predicted molar refractivity (Wildman–Crippen MR) is 114 cm³/mol. The maximum atomic E-state index is 14.0. The van der Waals surface area contributed by atoms with E-state index < -0.39 is 5.82 Å². The summed E-state index contributed by atoms with van der Waals surface area (Å²) in [6.07, 6.45) is 8.78. The van der Waals surface area contributed by atoms with Gasteiger partial charge in [0.15, 0.2) is 11.6 Å². The zero-order valence-corrected chi connectivity index (χ0v) is 17.7. The summed E-state index contributed by atoms with van der Waals surface area (Å²) in [6, 6.07) is 4.70. The van der Waals surface area contributed by atoms with Gasteiger partial charge in [-0.1, -0.05) is 12.1 Å². The molecule has 156 valence electrons. The number of rotatable bonds is 4. The number of allylic oxidation sites excluding steroid dienone is 2. The van der Waals surface area contributed by atoms with Gasteiger partial charge < -0.3 is 19.4 Å². The Morgan fingerprint density at radius 3 is 2.76 bits per heavy atom. The molecule has 1 saturated heterocycles. The van der Waals surface area contributed by atoms with E-state index in [2.05, 4.69) is 29.0 Å². The molecule has 0 radical (unpaired) electrons. The fraction of sp³-hybridized carbons (Fsp3) is 0.435. The van der Waals surface area contributed by atoms with E-state index in [1.54, 1.807) is 23.1 Å². The van der Waals surface area contributed by atoms with Crippen LogP contribution in [0.4, 0.5) is 4.39 Å². The number of hydrogen-bond donors (Lipinski definition) is 0. The minimum atomic E-state index is -0.437. The van der Waals surface area contributed by atoms with Crippen molar-refractivity contribution >= 4 is 11.5 Å². The number of amides is 1. The third-order valence-corrected chi connectivity index (χ3v) is 5.54. The van der Waals surface area contributed by atoms with Crippen molar-refractivity contribution in [2.45, 2.75) is 26.3 Å². The summed E-state index contributed by atoms with van der Waals surface area (Å²) < 4.78 is 19.0. The molecule has 2 aliphatic heterocycles. The van der Waals surface area contributed by atoms with Gasteiger partial charge in [-0.05, 0) is 63.2 Å². The van der Waals surface area contributed by atoms with E-state index in [1.807, 2.05) is 20.0 Å². The van der Waals surface area contributed by atoms with Crippen molar-refractivity contribution in [2.24, 2.45) is 0 Å². The first kappa shape index (κ1) is 21.1. The molecule has 1 unspecified atom stereocenters. The second kappa shape index (κ2) is 9.27. The highest BCUT2D eigenvalue weighted by Crippen LogP contribution is 2.24. The lowest BCUT2D eigenvalue weighted by Gasteiger charge is -2.32. The first-order valence-electron chi connectivity index (χ1n) is 10.1. The van der Waals surface area contributed by atoms with Gasteiger partial charge in [0.1, 0.15) is 0 Å². The Kier molecular flexibility index (Phi) is 6.75. The fourth-order valence-electron chi connectivity index (χ4n) is 3.64. The molecule has 0 N–H and O–H groups in total. The molecule has 1 fully saturated rings. The van der Waals surface area contributed by atoms with Crippen LogP contribution in [0.1, 0.15) is 25.8 Å². The molecule has 0 bridgehead atoms. The fourth-order valence-corrected chi connectivity index (χ4v) is 3.64. The Bertz CT molecular complexity index is 847. The predicted octanol–water partition coefficient (Wildman–Crippen LogP) is 3.50. The summed E-state index contributed by atoms with van der Waals surface area (Å²) in [4.78, 5) is 19.4. The normalized spacial score (nSPS) is 21.1. The number of nitrogens with zero attached hydrogens (tertiary/aromatic N) is 3. The zero-order chi connectivity index (χ0) is 21.0. The van der Waals surface area contributed by atoms with Crippen LogP contribution in [-0.2, 0) is 4.79 Å². The van der Waals surface area contributed by atoms with Gasteiger partial charge >= 0.3 is 0 Å². The van der Waals surface area contributed by atoms with Crippen molar-refractivity contribution in [1.29, 1.82) is 0 Å². The van der Waals surface area contributed by atoms with Crippen molar-refractivity contribution in [3.8, 4) is 5.75 Å². The van der Waals surface area contributed by atoms with E-state index in [0.717, 1.165) is 38.3 Å². The Hall–Kier alpha value is -2.60. The number of hydrogen-bond acceptors (Lipinski definition) is 4. The Morgan fingerprint density at radius 1 is 1.24 bits per heavy atom. The summed E-state index contributed by atoms with van der Waals surface area (Å²) in [6.45, 7) is 7.84. The lowest BCUT2D eigenvalue weighted by Crippen LogP contribution is -2.37. The van der Waals surface area contributed by atoms with Gasteiger partial charge in [0.2, 0.25) is 0 Å². The lowest BCUT2D eigenvalue weighted by atomic mass is 10.1. The molecule has 0 aliphatic carbocycles. The summed E-state index contributed by atoms with van der Waals surface area (Å²) in [5.74, 6) is -0.355. The first-order valence-corrected chi connectivity index (χ1v) is 10.1. The van der Waals surface area contributed by atoms with Gasteiger partial charge in [-0.3, -0.25) is 4.79 Å². The average Bonchev–Trinajstić information content (AvgIpc) is 2.92. The maximum Gasteiger partial charge on any atom is 0.251 e. The van der Waals surface area contributed by atoms with E-state index in [1.165, 1.54) is 13.2 Å². The molecule has 6 heteroatoms. The Morgan fingerprint density at radius 2 is 2.03 bits per heavy atom. The lowest BCUT2D eigenvalue weighted by molar-refractivity contribution is -0.124. The number of ether oxygens (including phenoxy) is 1. The number of likely N-dealkylation sites (N-methyl/N-ethyl adjacent to an activating group) is 1. The molecule has 3 rings (SSSR count). The van der Waals surface area contributed by atoms with E-state index in [-0.39, 0.29) is 17.7 Å². The quantitative estimate of drug-likeness (QED) is 0.726. The summed E-state index contributed by atoms with van der Waals surface area (Å²) in [5.41, 5.74) is 2.44. The highest BCUT2D eigenvalue weighted by molar-refractivity contribution is 5.96. The summed E-state index contributed by atoms with van der Waals surface area (Å²) >= 11 is 0. The van der Waals surface area contributed by atoms with Crippen molar-refractivity contribution in [3.05, 3.63) is 59.7 Å². The van der Waals surface area contributed by atoms with Crippen molar-refractivity contribution in [3.63, 3.8) is 0 Å². The standard InChI is InChI=1S/C23H30FN3O2/c1-17(19-7-9-22(29-4)21(24)15-19)14-23(28)27-16-20(8-6-18(27)2)26-11-5-10-25(3)12-13-26/h6-9,14-16,18H,5,10-13H2,1-4H3/b17-14+. The third kappa shape index (κ3) is 5.07. The van der Waals surface area contributed by atoms with Gasteiger partial charge in [0.25, 0.3) is 5.91 Å². The molecule has 1 atom stereocenters. The molecule has 0 saturated carbocycles. The number of benzene rings is 1. The minimum absolute atomic E-state index is 0.0300.